The highest BCUT2D eigenvalue weighted by Crippen LogP contribution is 2.26. The maximum absolute atomic E-state index is 13.6. The minimum Gasteiger partial charge on any atom is -0.507 e. The quantitative estimate of drug-likeness (QED) is 0.854. The molecule has 1 unspecified atom stereocenters. The van der Waals surface area contributed by atoms with E-state index in [1.807, 2.05) is 7.05 Å². The van der Waals surface area contributed by atoms with Crippen molar-refractivity contribution >= 4 is 5.91 Å². The first kappa shape index (κ1) is 12.8. The summed E-state index contributed by atoms with van der Waals surface area (Å²) in [6.07, 6.45) is 1.81. The standard InChI is InChI=1S/C13H17FN2O2/c1-15-8-9-4-3-7-16(9)13(18)12-10(14)5-2-6-11(12)17/h2,5-6,9,15,17H,3-4,7-8H2,1H3. The lowest BCUT2D eigenvalue weighted by Gasteiger charge is -2.25. The average Bonchev–Trinajstić information content (AvgIpc) is 2.77. The maximum atomic E-state index is 13.6. The summed E-state index contributed by atoms with van der Waals surface area (Å²) in [6.45, 7) is 1.29. The van der Waals surface area contributed by atoms with E-state index in [9.17, 15) is 14.3 Å². The van der Waals surface area contributed by atoms with Crippen molar-refractivity contribution in [3.63, 3.8) is 0 Å². The van der Waals surface area contributed by atoms with E-state index in [4.69, 9.17) is 0 Å². The number of aromatic hydroxyl groups is 1. The molecule has 1 atom stereocenters. The van der Waals surface area contributed by atoms with Crippen LogP contribution >= 0.6 is 0 Å². The number of benzene rings is 1. The molecule has 1 amide bonds. The van der Waals surface area contributed by atoms with Crippen LogP contribution in [0.5, 0.6) is 5.75 Å². The van der Waals surface area contributed by atoms with E-state index in [2.05, 4.69) is 5.32 Å². The van der Waals surface area contributed by atoms with Gasteiger partial charge in [-0.1, -0.05) is 6.07 Å². The van der Waals surface area contributed by atoms with Crippen LogP contribution in [0, 0.1) is 5.82 Å². The van der Waals surface area contributed by atoms with Crippen LogP contribution in [0.4, 0.5) is 4.39 Å². The summed E-state index contributed by atoms with van der Waals surface area (Å²) in [5.41, 5.74) is -0.222. The lowest BCUT2D eigenvalue weighted by Crippen LogP contribution is -2.41. The van der Waals surface area contributed by atoms with Gasteiger partial charge >= 0.3 is 0 Å². The molecule has 1 aliphatic heterocycles. The Morgan fingerprint density at radius 2 is 2.39 bits per heavy atom. The van der Waals surface area contributed by atoms with Gasteiger partial charge in [0, 0.05) is 19.1 Å². The zero-order valence-corrected chi connectivity index (χ0v) is 10.3. The third-order valence-corrected chi connectivity index (χ3v) is 3.28. The first-order valence-electron chi connectivity index (χ1n) is 6.08. The molecule has 0 radical (unpaired) electrons. The minimum atomic E-state index is -0.671. The Labute approximate surface area is 105 Å². The number of halogens is 1. The largest absolute Gasteiger partial charge is 0.507 e. The number of nitrogens with zero attached hydrogens (tertiary/aromatic N) is 1. The fraction of sp³-hybridized carbons (Fsp3) is 0.462. The Balaban J connectivity index is 2.25. The lowest BCUT2D eigenvalue weighted by atomic mass is 10.1. The van der Waals surface area contributed by atoms with Crippen molar-refractivity contribution < 1.29 is 14.3 Å². The molecule has 1 saturated heterocycles. The Morgan fingerprint density at radius 3 is 3.06 bits per heavy atom. The van der Waals surface area contributed by atoms with Crippen molar-refractivity contribution in [2.24, 2.45) is 0 Å². The molecular weight excluding hydrogens is 235 g/mol. The van der Waals surface area contributed by atoms with E-state index in [1.54, 1.807) is 4.90 Å². The minimum absolute atomic E-state index is 0.0708. The molecule has 98 valence electrons. The number of likely N-dealkylation sites (N-methyl/N-ethyl adjacent to an activating group) is 1. The molecule has 0 saturated carbocycles. The molecule has 4 nitrogen and oxygen atoms in total. The smallest absolute Gasteiger partial charge is 0.260 e. The molecule has 0 spiro atoms. The first-order chi connectivity index (χ1) is 8.65. The summed E-state index contributed by atoms with van der Waals surface area (Å²) < 4.78 is 13.6. The van der Waals surface area contributed by atoms with Gasteiger partial charge < -0.3 is 15.3 Å². The molecule has 1 heterocycles. The number of carbonyl (C=O) groups excluding carboxylic acids is 1. The van der Waals surface area contributed by atoms with Crippen molar-refractivity contribution in [2.45, 2.75) is 18.9 Å². The monoisotopic (exact) mass is 252 g/mol. The molecule has 0 bridgehead atoms. The Hall–Kier alpha value is -1.62. The zero-order valence-electron chi connectivity index (χ0n) is 10.3. The number of amides is 1. The molecule has 1 aromatic rings. The molecule has 0 aliphatic carbocycles. The van der Waals surface area contributed by atoms with Crippen LogP contribution in [0.25, 0.3) is 0 Å². The van der Waals surface area contributed by atoms with Crippen molar-refractivity contribution in [3.05, 3.63) is 29.6 Å². The molecule has 1 fully saturated rings. The fourth-order valence-corrected chi connectivity index (χ4v) is 2.42. The van der Waals surface area contributed by atoms with Crippen LogP contribution < -0.4 is 5.32 Å². The van der Waals surface area contributed by atoms with Crippen molar-refractivity contribution in [2.75, 3.05) is 20.1 Å². The summed E-state index contributed by atoms with van der Waals surface area (Å²) in [6, 6.07) is 3.98. The highest BCUT2D eigenvalue weighted by molar-refractivity contribution is 5.97. The van der Waals surface area contributed by atoms with Crippen LogP contribution in [-0.4, -0.2) is 42.1 Å². The third-order valence-electron chi connectivity index (χ3n) is 3.28. The van der Waals surface area contributed by atoms with E-state index in [1.165, 1.54) is 18.2 Å². The van der Waals surface area contributed by atoms with Crippen LogP contribution in [-0.2, 0) is 0 Å². The van der Waals surface area contributed by atoms with Gasteiger partial charge in [0.15, 0.2) is 0 Å². The Bertz CT molecular complexity index is 430. The second kappa shape index (κ2) is 5.35. The molecule has 1 aromatic carbocycles. The molecule has 1 aliphatic rings. The van der Waals surface area contributed by atoms with Crippen molar-refractivity contribution in [1.29, 1.82) is 0 Å². The van der Waals surface area contributed by atoms with Gasteiger partial charge in [-0.2, -0.15) is 0 Å². The van der Waals surface area contributed by atoms with E-state index in [0.29, 0.717) is 13.1 Å². The van der Waals surface area contributed by atoms with E-state index in [-0.39, 0.29) is 17.4 Å². The fourth-order valence-electron chi connectivity index (χ4n) is 2.42. The number of nitrogens with one attached hydrogen (secondary N) is 1. The number of likely N-dealkylation sites (tertiary alicyclic amines) is 1. The number of carbonyl (C=O) groups is 1. The van der Waals surface area contributed by atoms with Gasteiger partial charge in [-0.3, -0.25) is 4.79 Å². The van der Waals surface area contributed by atoms with Gasteiger partial charge in [0.25, 0.3) is 5.91 Å². The summed E-state index contributed by atoms with van der Waals surface area (Å²) in [5, 5.41) is 12.7. The van der Waals surface area contributed by atoms with Gasteiger partial charge in [0.05, 0.1) is 0 Å². The predicted molar refractivity (Wildman–Crippen MR) is 66.1 cm³/mol. The van der Waals surface area contributed by atoms with Gasteiger partial charge in [-0.15, -0.1) is 0 Å². The SMILES string of the molecule is CNCC1CCCN1C(=O)c1c(O)cccc1F. The van der Waals surface area contributed by atoms with Crippen LogP contribution in [0.1, 0.15) is 23.2 Å². The summed E-state index contributed by atoms with van der Waals surface area (Å²) >= 11 is 0. The molecule has 2 rings (SSSR count). The highest BCUT2D eigenvalue weighted by atomic mass is 19.1. The maximum Gasteiger partial charge on any atom is 0.260 e. The van der Waals surface area contributed by atoms with E-state index in [0.717, 1.165) is 12.8 Å². The third kappa shape index (κ3) is 2.31. The van der Waals surface area contributed by atoms with Gasteiger partial charge in [0.2, 0.25) is 0 Å². The summed E-state index contributed by atoms with van der Waals surface area (Å²) in [5.74, 6) is -1.39. The molecule has 0 aromatic heterocycles. The molecule has 18 heavy (non-hydrogen) atoms. The van der Waals surface area contributed by atoms with Gasteiger partial charge in [-0.05, 0) is 32.0 Å². The number of phenolic OH excluding ortho intramolecular Hbond substituents is 1. The number of rotatable bonds is 3. The van der Waals surface area contributed by atoms with Crippen LogP contribution in [0.3, 0.4) is 0 Å². The van der Waals surface area contributed by atoms with Gasteiger partial charge in [0.1, 0.15) is 17.1 Å². The average molecular weight is 252 g/mol. The van der Waals surface area contributed by atoms with Crippen molar-refractivity contribution in [1.82, 2.24) is 10.2 Å². The second-order valence-electron chi connectivity index (χ2n) is 4.49. The van der Waals surface area contributed by atoms with E-state index >= 15 is 0 Å². The topological polar surface area (TPSA) is 52.6 Å². The number of phenols is 1. The summed E-state index contributed by atoms with van der Waals surface area (Å²) in [4.78, 5) is 13.9. The summed E-state index contributed by atoms with van der Waals surface area (Å²) in [7, 11) is 1.82. The van der Waals surface area contributed by atoms with Crippen molar-refractivity contribution in [3.8, 4) is 5.75 Å². The lowest BCUT2D eigenvalue weighted by molar-refractivity contribution is 0.0729. The normalized spacial score (nSPS) is 19.2. The Kier molecular flexibility index (Phi) is 3.81. The Morgan fingerprint density at radius 1 is 1.61 bits per heavy atom. The molecular formula is C13H17FN2O2. The highest BCUT2D eigenvalue weighted by Gasteiger charge is 2.31. The van der Waals surface area contributed by atoms with Crippen LogP contribution in [0.2, 0.25) is 0 Å². The predicted octanol–water partition coefficient (Wildman–Crippen LogP) is 1.36. The molecule has 2 N–H and O–H groups in total. The van der Waals surface area contributed by atoms with Gasteiger partial charge in [-0.25, -0.2) is 4.39 Å². The first-order valence-corrected chi connectivity index (χ1v) is 6.08. The van der Waals surface area contributed by atoms with E-state index < -0.39 is 11.7 Å². The second-order valence-corrected chi connectivity index (χ2v) is 4.49. The number of hydrogen-bond acceptors (Lipinski definition) is 3. The molecule has 5 heteroatoms. The number of hydrogen-bond donors (Lipinski definition) is 2. The zero-order chi connectivity index (χ0) is 13.1. The van der Waals surface area contributed by atoms with Crippen LogP contribution in [0.15, 0.2) is 18.2 Å².